The van der Waals surface area contributed by atoms with E-state index in [4.69, 9.17) is 15.2 Å². The van der Waals surface area contributed by atoms with Gasteiger partial charge in [-0.15, -0.1) is 0 Å². The van der Waals surface area contributed by atoms with Crippen LogP contribution < -0.4 is 15.2 Å². The molecule has 0 saturated heterocycles. The number of hydrogen-bond donors (Lipinski definition) is 1. The highest BCUT2D eigenvalue weighted by atomic mass is 79.9. The van der Waals surface area contributed by atoms with E-state index in [9.17, 15) is 0 Å². The first-order valence-corrected chi connectivity index (χ1v) is 6.23. The fourth-order valence-electron chi connectivity index (χ4n) is 1.55. The third-order valence-corrected chi connectivity index (χ3v) is 2.78. The first-order chi connectivity index (χ1) is 8.08. The van der Waals surface area contributed by atoms with E-state index in [1.54, 1.807) is 13.2 Å². The highest BCUT2D eigenvalue weighted by Crippen LogP contribution is 2.36. The van der Waals surface area contributed by atoms with Gasteiger partial charge in [-0.05, 0) is 47.0 Å². The quantitative estimate of drug-likeness (QED) is 0.822. The van der Waals surface area contributed by atoms with Gasteiger partial charge in [0.05, 0.1) is 11.6 Å². The maximum absolute atomic E-state index is 5.78. The molecule has 0 aromatic heterocycles. The molecule has 0 saturated carbocycles. The van der Waals surface area contributed by atoms with Gasteiger partial charge in [0.1, 0.15) is 6.61 Å². The molecule has 3 nitrogen and oxygen atoms in total. The third kappa shape index (κ3) is 4.06. The predicted octanol–water partition coefficient (Wildman–Crippen LogP) is 2.91. The van der Waals surface area contributed by atoms with Crippen LogP contribution in [0.25, 0.3) is 0 Å². The minimum atomic E-state index is 0.117. The number of rotatable bonds is 6. The molecular formula is C13H18BrNO2. The first kappa shape index (κ1) is 14.1. The monoisotopic (exact) mass is 299 g/mol. The van der Waals surface area contributed by atoms with Crippen molar-refractivity contribution in [3.63, 3.8) is 0 Å². The molecule has 0 heterocycles. The molecule has 1 aromatic carbocycles. The molecule has 1 rings (SSSR count). The van der Waals surface area contributed by atoms with Crippen molar-refractivity contribution in [1.82, 2.24) is 0 Å². The van der Waals surface area contributed by atoms with E-state index < -0.39 is 0 Å². The lowest BCUT2D eigenvalue weighted by atomic mass is 10.1. The topological polar surface area (TPSA) is 44.5 Å². The second kappa shape index (κ2) is 6.67. The lowest BCUT2D eigenvalue weighted by Gasteiger charge is -2.14. The summed E-state index contributed by atoms with van der Waals surface area (Å²) in [6.45, 7) is 6.04. The number of benzene rings is 1. The fourth-order valence-corrected chi connectivity index (χ4v) is 2.15. The Labute approximate surface area is 111 Å². The summed E-state index contributed by atoms with van der Waals surface area (Å²) in [6, 6.07) is 4.07. The zero-order valence-corrected chi connectivity index (χ0v) is 11.8. The Kier molecular flexibility index (Phi) is 5.51. The molecule has 1 atom stereocenters. The SMILES string of the molecule is C=CCOc1c(Br)cc(CC(C)N)cc1OC. The Bertz CT molecular complexity index is 391. The van der Waals surface area contributed by atoms with Gasteiger partial charge in [-0.1, -0.05) is 12.7 Å². The van der Waals surface area contributed by atoms with Crippen molar-refractivity contribution in [2.24, 2.45) is 5.73 Å². The smallest absolute Gasteiger partial charge is 0.175 e. The van der Waals surface area contributed by atoms with Crippen LogP contribution in [0.1, 0.15) is 12.5 Å². The molecule has 0 fully saturated rings. The molecule has 0 amide bonds. The van der Waals surface area contributed by atoms with Crippen LogP contribution in [-0.2, 0) is 6.42 Å². The standard InChI is InChI=1S/C13H18BrNO2/c1-4-5-17-13-11(14)7-10(6-9(2)15)8-12(13)16-3/h4,7-9H,1,5-6,15H2,2-3H3. The second-order valence-electron chi connectivity index (χ2n) is 3.89. The highest BCUT2D eigenvalue weighted by molar-refractivity contribution is 9.10. The Morgan fingerprint density at radius 2 is 2.24 bits per heavy atom. The largest absolute Gasteiger partial charge is 0.493 e. The van der Waals surface area contributed by atoms with Crippen LogP contribution in [0.3, 0.4) is 0 Å². The molecule has 0 spiro atoms. The molecular weight excluding hydrogens is 282 g/mol. The van der Waals surface area contributed by atoms with E-state index in [1.807, 2.05) is 19.1 Å². The van der Waals surface area contributed by atoms with E-state index in [0.717, 1.165) is 16.5 Å². The molecule has 0 aliphatic rings. The number of halogens is 1. The average molecular weight is 300 g/mol. The lowest BCUT2D eigenvalue weighted by Crippen LogP contribution is -2.17. The number of ether oxygens (including phenoxy) is 2. The molecule has 94 valence electrons. The van der Waals surface area contributed by atoms with Crippen LogP contribution in [0, 0.1) is 0 Å². The maximum atomic E-state index is 5.78. The summed E-state index contributed by atoms with van der Waals surface area (Å²) in [5, 5.41) is 0. The van der Waals surface area contributed by atoms with Crippen LogP contribution >= 0.6 is 15.9 Å². The van der Waals surface area contributed by atoms with Gasteiger partial charge < -0.3 is 15.2 Å². The lowest BCUT2D eigenvalue weighted by molar-refractivity contribution is 0.324. The first-order valence-electron chi connectivity index (χ1n) is 5.44. The molecule has 1 aromatic rings. The summed E-state index contributed by atoms with van der Waals surface area (Å²) in [4.78, 5) is 0. The van der Waals surface area contributed by atoms with Gasteiger partial charge in [-0.3, -0.25) is 0 Å². The Morgan fingerprint density at radius 3 is 2.76 bits per heavy atom. The van der Waals surface area contributed by atoms with Crippen molar-refractivity contribution in [2.75, 3.05) is 13.7 Å². The maximum Gasteiger partial charge on any atom is 0.175 e. The summed E-state index contributed by atoms with van der Waals surface area (Å²) >= 11 is 3.48. The molecule has 17 heavy (non-hydrogen) atoms. The fraction of sp³-hybridized carbons (Fsp3) is 0.385. The molecule has 4 heteroatoms. The highest BCUT2D eigenvalue weighted by Gasteiger charge is 2.11. The summed E-state index contributed by atoms with van der Waals surface area (Å²) in [7, 11) is 1.62. The van der Waals surface area contributed by atoms with Crippen molar-refractivity contribution >= 4 is 15.9 Å². The van der Waals surface area contributed by atoms with Gasteiger partial charge in [0.2, 0.25) is 0 Å². The van der Waals surface area contributed by atoms with Crippen LogP contribution in [-0.4, -0.2) is 19.8 Å². The van der Waals surface area contributed by atoms with Gasteiger partial charge >= 0.3 is 0 Å². The minimum absolute atomic E-state index is 0.117. The van der Waals surface area contributed by atoms with Gasteiger partial charge in [0.15, 0.2) is 11.5 Å². The average Bonchev–Trinajstić information content (AvgIpc) is 2.26. The Morgan fingerprint density at radius 1 is 1.53 bits per heavy atom. The molecule has 0 aliphatic carbocycles. The van der Waals surface area contributed by atoms with E-state index in [1.165, 1.54) is 0 Å². The van der Waals surface area contributed by atoms with E-state index in [-0.39, 0.29) is 6.04 Å². The second-order valence-corrected chi connectivity index (χ2v) is 4.74. The van der Waals surface area contributed by atoms with Crippen LogP contribution in [0.2, 0.25) is 0 Å². The number of nitrogens with two attached hydrogens (primary N) is 1. The number of hydrogen-bond acceptors (Lipinski definition) is 3. The van der Waals surface area contributed by atoms with Crippen molar-refractivity contribution in [3.8, 4) is 11.5 Å². The van der Waals surface area contributed by atoms with Crippen molar-refractivity contribution in [1.29, 1.82) is 0 Å². The van der Waals surface area contributed by atoms with Gasteiger partial charge in [0, 0.05) is 6.04 Å². The normalized spacial score (nSPS) is 12.0. The Balaban J connectivity index is 3.02. The zero-order valence-electron chi connectivity index (χ0n) is 10.2. The van der Waals surface area contributed by atoms with E-state index in [2.05, 4.69) is 22.5 Å². The van der Waals surface area contributed by atoms with Crippen molar-refractivity contribution < 1.29 is 9.47 Å². The van der Waals surface area contributed by atoms with Crippen molar-refractivity contribution in [3.05, 3.63) is 34.8 Å². The predicted molar refractivity (Wildman–Crippen MR) is 73.7 cm³/mol. The molecule has 0 aliphatic heterocycles. The summed E-state index contributed by atoms with van der Waals surface area (Å²) in [5.74, 6) is 1.40. The molecule has 1 unspecified atom stereocenters. The summed E-state index contributed by atoms with van der Waals surface area (Å²) < 4.78 is 11.7. The third-order valence-electron chi connectivity index (χ3n) is 2.19. The van der Waals surface area contributed by atoms with Crippen LogP contribution in [0.4, 0.5) is 0 Å². The minimum Gasteiger partial charge on any atom is -0.493 e. The van der Waals surface area contributed by atoms with Gasteiger partial charge in [-0.25, -0.2) is 0 Å². The van der Waals surface area contributed by atoms with E-state index >= 15 is 0 Å². The van der Waals surface area contributed by atoms with Crippen LogP contribution in [0.5, 0.6) is 11.5 Å². The summed E-state index contributed by atoms with van der Waals surface area (Å²) in [6.07, 6.45) is 2.50. The molecule has 2 N–H and O–H groups in total. The zero-order chi connectivity index (χ0) is 12.8. The van der Waals surface area contributed by atoms with Crippen molar-refractivity contribution in [2.45, 2.75) is 19.4 Å². The van der Waals surface area contributed by atoms with E-state index in [0.29, 0.717) is 18.1 Å². The number of methoxy groups -OCH3 is 1. The molecule has 0 radical (unpaired) electrons. The Hall–Kier alpha value is -1.00. The van der Waals surface area contributed by atoms with Gasteiger partial charge in [-0.2, -0.15) is 0 Å². The molecule has 0 bridgehead atoms. The summed E-state index contributed by atoms with van der Waals surface area (Å²) in [5.41, 5.74) is 6.90. The van der Waals surface area contributed by atoms with Gasteiger partial charge in [0.25, 0.3) is 0 Å². The van der Waals surface area contributed by atoms with Crippen LogP contribution in [0.15, 0.2) is 29.3 Å².